The Morgan fingerprint density at radius 1 is 1.15 bits per heavy atom. The normalized spacial score (nSPS) is 29.0. The summed E-state index contributed by atoms with van der Waals surface area (Å²) in [6.45, 7) is 2.86. The largest absolute Gasteiger partial charge is 0.381 e. The fraction of sp³-hybridized carbons (Fsp3) is 0.571. The van der Waals surface area contributed by atoms with E-state index in [1.165, 1.54) is 11.3 Å². The standard InChI is InChI=1S/C21H29N3O2/c1-25-19-8-9-21(26-2)10-11-23(20(21)12-19)15-18-13-22-16-24(18)14-17-6-4-3-5-7-17/h3-7,13,16,19-20H,8-12,14-15H2,1-2H3/t19-,20-,21+/m0/s1. The molecule has 1 aromatic carbocycles. The first kappa shape index (κ1) is 17.7. The Morgan fingerprint density at radius 2 is 2.00 bits per heavy atom. The third-order valence-corrected chi connectivity index (χ3v) is 6.35. The SMILES string of the molecule is CO[C@H]1CC[C@@]2(OC)CCN(Cc3cncn3Cc3ccccc3)[C@H]2C1. The van der Waals surface area contributed by atoms with Crippen LogP contribution in [-0.2, 0) is 22.6 Å². The van der Waals surface area contributed by atoms with Gasteiger partial charge in [0.1, 0.15) is 0 Å². The van der Waals surface area contributed by atoms with E-state index in [1.807, 2.05) is 26.7 Å². The lowest BCUT2D eigenvalue weighted by Gasteiger charge is -2.43. The molecule has 0 radical (unpaired) electrons. The Kier molecular flexibility index (Phi) is 5.11. The van der Waals surface area contributed by atoms with Gasteiger partial charge in [-0.15, -0.1) is 0 Å². The van der Waals surface area contributed by atoms with Crippen molar-refractivity contribution in [1.82, 2.24) is 14.5 Å². The number of aromatic nitrogens is 2. The van der Waals surface area contributed by atoms with Gasteiger partial charge in [0, 0.05) is 46.1 Å². The van der Waals surface area contributed by atoms with Crippen LogP contribution >= 0.6 is 0 Å². The summed E-state index contributed by atoms with van der Waals surface area (Å²) in [4.78, 5) is 6.99. The van der Waals surface area contributed by atoms with Crippen molar-refractivity contribution >= 4 is 0 Å². The molecule has 1 saturated carbocycles. The summed E-state index contributed by atoms with van der Waals surface area (Å²) in [5.74, 6) is 0. The summed E-state index contributed by atoms with van der Waals surface area (Å²) >= 11 is 0. The lowest BCUT2D eigenvalue weighted by atomic mass is 9.79. The molecule has 5 heteroatoms. The number of benzene rings is 1. The number of rotatable bonds is 6. The lowest BCUT2D eigenvalue weighted by molar-refractivity contribution is -0.0949. The Morgan fingerprint density at radius 3 is 2.77 bits per heavy atom. The second kappa shape index (κ2) is 7.51. The molecule has 1 aliphatic heterocycles. The molecule has 0 N–H and O–H groups in total. The zero-order valence-corrected chi connectivity index (χ0v) is 15.8. The van der Waals surface area contributed by atoms with Crippen molar-refractivity contribution in [2.75, 3.05) is 20.8 Å². The van der Waals surface area contributed by atoms with Crippen LogP contribution in [0.4, 0.5) is 0 Å². The van der Waals surface area contributed by atoms with Crippen LogP contribution in [0.1, 0.15) is 36.9 Å². The molecule has 4 rings (SSSR count). The van der Waals surface area contributed by atoms with Gasteiger partial charge in [0.25, 0.3) is 0 Å². The van der Waals surface area contributed by atoms with Crippen molar-refractivity contribution in [3.63, 3.8) is 0 Å². The number of nitrogens with zero attached hydrogens (tertiary/aromatic N) is 3. The third kappa shape index (κ3) is 3.31. The Hall–Kier alpha value is -1.69. The molecule has 2 aliphatic rings. The van der Waals surface area contributed by atoms with Crippen LogP contribution in [0.2, 0.25) is 0 Å². The third-order valence-electron chi connectivity index (χ3n) is 6.35. The maximum atomic E-state index is 6.05. The number of likely N-dealkylation sites (tertiary alicyclic amines) is 1. The molecule has 2 heterocycles. The molecule has 0 spiro atoms. The molecule has 5 nitrogen and oxygen atoms in total. The maximum Gasteiger partial charge on any atom is 0.0951 e. The van der Waals surface area contributed by atoms with E-state index in [1.54, 1.807) is 0 Å². The molecular weight excluding hydrogens is 326 g/mol. The van der Waals surface area contributed by atoms with Crippen LogP contribution in [0.15, 0.2) is 42.9 Å². The second-order valence-corrected chi connectivity index (χ2v) is 7.64. The van der Waals surface area contributed by atoms with Crippen molar-refractivity contribution in [3.8, 4) is 0 Å². The second-order valence-electron chi connectivity index (χ2n) is 7.64. The zero-order valence-electron chi connectivity index (χ0n) is 15.8. The van der Waals surface area contributed by atoms with Crippen molar-refractivity contribution in [2.45, 2.75) is 56.5 Å². The monoisotopic (exact) mass is 355 g/mol. The van der Waals surface area contributed by atoms with Gasteiger partial charge >= 0.3 is 0 Å². The van der Waals surface area contributed by atoms with Gasteiger partial charge in [-0.05, 0) is 31.2 Å². The highest BCUT2D eigenvalue weighted by atomic mass is 16.5. The van der Waals surface area contributed by atoms with Crippen LogP contribution in [0.25, 0.3) is 0 Å². The van der Waals surface area contributed by atoms with Gasteiger partial charge in [0.15, 0.2) is 0 Å². The Labute approximate surface area is 155 Å². The minimum absolute atomic E-state index is 0.000683. The molecule has 2 aromatic rings. The molecule has 0 amide bonds. The first-order valence-corrected chi connectivity index (χ1v) is 9.59. The Balaban J connectivity index is 1.50. The Bertz CT molecular complexity index is 717. The first-order valence-electron chi connectivity index (χ1n) is 9.59. The summed E-state index contributed by atoms with van der Waals surface area (Å²) in [6, 6.07) is 11.0. The van der Waals surface area contributed by atoms with Gasteiger partial charge in [0.2, 0.25) is 0 Å². The molecule has 1 saturated heterocycles. The van der Waals surface area contributed by atoms with E-state index < -0.39 is 0 Å². The molecule has 26 heavy (non-hydrogen) atoms. The van der Waals surface area contributed by atoms with Gasteiger partial charge in [-0.25, -0.2) is 4.98 Å². The van der Waals surface area contributed by atoms with Gasteiger partial charge in [-0.3, -0.25) is 4.90 Å². The molecule has 3 atom stereocenters. The van der Waals surface area contributed by atoms with E-state index in [0.29, 0.717) is 12.1 Å². The van der Waals surface area contributed by atoms with Crippen LogP contribution in [0.3, 0.4) is 0 Å². The number of hydrogen-bond donors (Lipinski definition) is 0. The quantitative estimate of drug-likeness (QED) is 0.798. The zero-order chi connectivity index (χ0) is 18.0. The topological polar surface area (TPSA) is 39.5 Å². The van der Waals surface area contributed by atoms with E-state index >= 15 is 0 Å². The van der Waals surface area contributed by atoms with Gasteiger partial charge in [0.05, 0.1) is 23.7 Å². The van der Waals surface area contributed by atoms with E-state index in [9.17, 15) is 0 Å². The fourth-order valence-electron chi connectivity index (χ4n) is 4.77. The fourth-order valence-corrected chi connectivity index (χ4v) is 4.77. The number of hydrogen-bond acceptors (Lipinski definition) is 4. The predicted octanol–water partition coefficient (Wildman–Crippen LogP) is 3.09. The highest BCUT2D eigenvalue weighted by Crippen LogP contribution is 2.43. The van der Waals surface area contributed by atoms with Gasteiger partial charge < -0.3 is 14.0 Å². The first-order chi connectivity index (χ1) is 12.7. The average molecular weight is 355 g/mol. The van der Waals surface area contributed by atoms with Crippen LogP contribution < -0.4 is 0 Å². The molecular formula is C21H29N3O2. The van der Waals surface area contributed by atoms with E-state index in [-0.39, 0.29) is 5.60 Å². The van der Waals surface area contributed by atoms with Crippen LogP contribution in [-0.4, -0.2) is 53.0 Å². The number of fused-ring (bicyclic) bond motifs is 1. The van der Waals surface area contributed by atoms with E-state index in [4.69, 9.17) is 9.47 Å². The average Bonchev–Trinajstić information content (AvgIpc) is 3.27. The highest BCUT2D eigenvalue weighted by Gasteiger charge is 2.51. The molecule has 140 valence electrons. The maximum absolute atomic E-state index is 6.05. The van der Waals surface area contributed by atoms with Crippen molar-refractivity contribution in [3.05, 3.63) is 54.1 Å². The van der Waals surface area contributed by atoms with E-state index in [0.717, 1.165) is 45.3 Å². The number of ether oxygens (including phenoxy) is 2. The van der Waals surface area contributed by atoms with Crippen LogP contribution in [0.5, 0.6) is 0 Å². The highest BCUT2D eigenvalue weighted by molar-refractivity contribution is 5.16. The smallest absolute Gasteiger partial charge is 0.0951 e. The number of methoxy groups -OCH3 is 2. The predicted molar refractivity (Wildman–Crippen MR) is 101 cm³/mol. The van der Waals surface area contributed by atoms with Gasteiger partial charge in [-0.1, -0.05) is 30.3 Å². The minimum atomic E-state index is -0.000683. The van der Waals surface area contributed by atoms with Gasteiger partial charge in [-0.2, -0.15) is 0 Å². The number of imidazole rings is 1. The molecule has 0 bridgehead atoms. The lowest BCUT2D eigenvalue weighted by Crippen LogP contribution is -2.51. The summed E-state index contributed by atoms with van der Waals surface area (Å²) in [5, 5.41) is 0. The van der Waals surface area contributed by atoms with E-state index in [2.05, 4.69) is 44.8 Å². The summed E-state index contributed by atoms with van der Waals surface area (Å²) in [6.07, 6.45) is 8.65. The summed E-state index contributed by atoms with van der Waals surface area (Å²) in [5.41, 5.74) is 2.57. The molecule has 0 unspecified atom stereocenters. The summed E-state index contributed by atoms with van der Waals surface area (Å²) < 4.78 is 14.0. The van der Waals surface area contributed by atoms with Crippen molar-refractivity contribution in [1.29, 1.82) is 0 Å². The van der Waals surface area contributed by atoms with Crippen molar-refractivity contribution < 1.29 is 9.47 Å². The molecule has 1 aliphatic carbocycles. The summed E-state index contributed by atoms with van der Waals surface area (Å²) in [7, 11) is 3.71. The minimum Gasteiger partial charge on any atom is -0.381 e. The molecule has 2 fully saturated rings. The molecule has 1 aromatic heterocycles. The van der Waals surface area contributed by atoms with Crippen LogP contribution in [0, 0.1) is 0 Å². The van der Waals surface area contributed by atoms with Crippen molar-refractivity contribution in [2.24, 2.45) is 0 Å².